The Kier molecular flexibility index (Phi) is 4.58. The Balaban J connectivity index is 1.84. The van der Waals surface area contributed by atoms with E-state index in [4.69, 9.17) is 5.14 Å². The van der Waals surface area contributed by atoms with Gasteiger partial charge in [0.25, 0.3) is 5.91 Å². The Bertz CT molecular complexity index is 882. The molecule has 2 N–H and O–H groups in total. The van der Waals surface area contributed by atoms with Crippen LogP contribution in [0.4, 0.5) is 0 Å². The molecule has 0 aromatic carbocycles. The van der Waals surface area contributed by atoms with Crippen molar-refractivity contribution in [2.45, 2.75) is 11.8 Å². The van der Waals surface area contributed by atoms with Crippen LogP contribution >= 0.6 is 0 Å². The molecule has 2 aromatic rings. The third kappa shape index (κ3) is 3.70. The molecular weight excluding hydrogens is 344 g/mol. The standard InChI is InChI=1S/C15H20N6O3S/c1-11-9-13(15(22)20-7-5-19(2)6-8-20)18-21(11)14-4-3-12(10-17-14)25(16,23)24/h3-4,9-10H,5-8H2,1-2H3,(H2,16,23,24). The first-order valence-electron chi connectivity index (χ1n) is 7.79. The van der Waals surface area contributed by atoms with Gasteiger partial charge in [-0.2, -0.15) is 5.10 Å². The number of primary sulfonamides is 1. The minimum absolute atomic E-state index is 0.0743. The van der Waals surface area contributed by atoms with Gasteiger partial charge in [0.05, 0.1) is 0 Å². The van der Waals surface area contributed by atoms with E-state index in [1.165, 1.54) is 23.0 Å². The molecule has 1 saturated heterocycles. The molecule has 1 aliphatic heterocycles. The molecule has 1 fully saturated rings. The molecule has 3 heterocycles. The van der Waals surface area contributed by atoms with Gasteiger partial charge in [0.2, 0.25) is 10.0 Å². The molecule has 1 amide bonds. The molecule has 0 saturated carbocycles. The number of hydrogen-bond donors (Lipinski definition) is 1. The van der Waals surface area contributed by atoms with Crippen molar-refractivity contribution in [2.24, 2.45) is 5.14 Å². The first-order chi connectivity index (χ1) is 11.8. The SMILES string of the molecule is Cc1cc(C(=O)N2CCN(C)CC2)nn1-c1ccc(S(N)(=O)=O)cn1. The largest absolute Gasteiger partial charge is 0.335 e. The van der Waals surface area contributed by atoms with Crippen LogP contribution in [0.2, 0.25) is 0 Å². The number of pyridine rings is 1. The van der Waals surface area contributed by atoms with Gasteiger partial charge in [-0.25, -0.2) is 23.2 Å². The lowest BCUT2D eigenvalue weighted by Crippen LogP contribution is -2.47. The van der Waals surface area contributed by atoms with E-state index in [0.717, 1.165) is 18.8 Å². The van der Waals surface area contributed by atoms with Gasteiger partial charge >= 0.3 is 0 Å². The molecule has 0 unspecified atom stereocenters. The maximum atomic E-state index is 12.6. The fraction of sp³-hybridized carbons (Fsp3) is 0.400. The summed E-state index contributed by atoms with van der Waals surface area (Å²) in [7, 11) is -1.77. The molecule has 0 atom stereocenters. The van der Waals surface area contributed by atoms with Gasteiger partial charge < -0.3 is 9.80 Å². The minimum Gasteiger partial charge on any atom is -0.335 e. The maximum absolute atomic E-state index is 12.6. The van der Waals surface area contributed by atoms with E-state index in [0.29, 0.717) is 24.6 Å². The van der Waals surface area contributed by atoms with Crippen LogP contribution in [0.1, 0.15) is 16.2 Å². The van der Waals surface area contributed by atoms with Gasteiger partial charge in [0.15, 0.2) is 11.5 Å². The number of likely N-dealkylation sites (N-methyl/N-ethyl adjacent to an activating group) is 1. The fourth-order valence-corrected chi connectivity index (χ4v) is 3.11. The lowest BCUT2D eigenvalue weighted by Gasteiger charge is -2.31. The van der Waals surface area contributed by atoms with Crippen LogP contribution in [0.5, 0.6) is 0 Å². The fourth-order valence-electron chi connectivity index (χ4n) is 2.65. The van der Waals surface area contributed by atoms with E-state index in [1.54, 1.807) is 11.0 Å². The van der Waals surface area contributed by atoms with Crippen molar-refractivity contribution in [3.8, 4) is 5.82 Å². The van der Waals surface area contributed by atoms with Crippen molar-refractivity contribution < 1.29 is 13.2 Å². The lowest BCUT2D eigenvalue weighted by molar-refractivity contribution is 0.0657. The van der Waals surface area contributed by atoms with Crippen LogP contribution in [0.3, 0.4) is 0 Å². The number of sulfonamides is 1. The van der Waals surface area contributed by atoms with Crippen LogP contribution in [-0.2, 0) is 10.0 Å². The summed E-state index contributed by atoms with van der Waals surface area (Å²) in [6.07, 6.45) is 1.17. The highest BCUT2D eigenvalue weighted by molar-refractivity contribution is 7.89. The van der Waals surface area contributed by atoms with Crippen LogP contribution in [-0.4, -0.2) is 72.1 Å². The molecule has 0 aliphatic carbocycles. The van der Waals surface area contributed by atoms with Crippen molar-refractivity contribution in [2.75, 3.05) is 33.2 Å². The highest BCUT2D eigenvalue weighted by atomic mass is 32.2. The van der Waals surface area contributed by atoms with Gasteiger partial charge in [0.1, 0.15) is 4.90 Å². The van der Waals surface area contributed by atoms with Crippen molar-refractivity contribution >= 4 is 15.9 Å². The number of nitrogens with two attached hydrogens (primary N) is 1. The van der Waals surface area contributed by atoms with E-state index in [9.17, 15) is 13.2 Å². The Labute approximate surface area is 146 Å². The predicted molar refractivity (Wildman–Crippen MR) is 90.9 cm³/mol. The van der Waals surface area contributed by atoms with E-state index >= 15 is 0 Å². The summed E-state index contributed by atoms with van der Waals surface area (Å²) in [5, 5.41) is 9.40. The maximum Gasteiger partial charge on any atom is 0.274 e. The normalized spacial score (nSPS) is 16.2. The van der Waals surface area contributed by atoms with E-state index in [1.807, 2.05) is 14.0 Å². The number of amides is 1. The first kappa shape index (κ1) is 17.5. The van der Waals surface area contributed by atoms with Crippen LogP contribution < -0.4 is 5.14 Å². The number of piperazine rings is 1. The third-order valence-electron chi connectivity index (χ3n) is 4.16. The number of aryl methyl sites for hydroxylation is 1. The van der Waals surface area contributed by atoms with Crippen molar-refractivity contribution in [3.05, 3.63) is 35.8 Å². The minimum atomic E-state index is -3.80. The van der Waals surface area contributed by atoms with Crippen molar-refractivity contribution in [1.29, 1.82) is 0 Å². The zero-order chi connectivity index (χ0) is 18.2. The second-order valence-corrected chi connectivity index (χ2v) is 7.64. The summed E-state index contributed by atoms with van der Waals surface area (Å²) >= 11 is 0. The number of rotatable bonds is 3. The second kappa shape index (κ2) is 6.54. The summed E-state index contributed by atoms with van der Waals surface area (Å²) in [6.45, 7) is 4.82. The molecule has 0 radical (unpaired) electrons. The molecule has 25 heavy (non-hydrogen) atoms. The van der Waals surface area contributed by atoms with Gasteiger partial charge in [-0.1, -0.05) is 0 Å². The van der Waals surface area contributed by atoms with Gasteiger partial charge in [0, 0.05) is 38.1 Å². The Morgan fingerprint density at radius 3 is 2.44 bits per heavy atom. The molecule has 9 nitrogen and oxygen atoms in total. The van der Waals surface area contributed by atoms with E-state index in [-0.39, 0.29) is 10.8 Å². The van der Waals surface area contributed by atoms with E-state index in [2.05, 4.69) is 15.0 Å². The molecule has 10 heteroatoms. The molecule has 0 bridgehead atoms. The highest BCUT2D eigenvalue weighted by Gasteiger charge is 2.23. The first-order valence-corrected chi connectivity index (χ1v) is 9.34. The third-order valence-corrected chi connectivity index (χ3v) is 5.06. The molecular formula is C15H20N6O3S. The summed E-state index contributed by atoms with van der Waals surface area (Å²) in [5.74, 6) is 0.304. The Morgan fingerprint density at radius 2 is 1.88 bits per heavy atom. The second-order valence-electron chi connectivity index (χ2n) is 6.08. The quantitative estimate of drug-likeness (QED) is 0.793. The van der Waals surface area contributed by atoms with Crippen molar-refractivity contribution in [1.82, 2.24) is 24.6 Å². The predicted octanol–water partition coefficient (Wildman–Crippen LogP) is -0.389. The van der Waals surface area contributed by atoms with Crippen LogP contribution in [0, 0.1) is 6.92 Å². The van der Waals surface area contributed by atoms with Crippen molar-refractivity contribution in [3.63, 3.8) is 0 Å². The number of aromatic nitrogens is 3. The molecule has 1 aliphatic rings. The average molecular weight is 364 g/mol. The highest BCUT2D eigenvalue weighted by Crippen LogP contribution is 2.14. The summed E-state index contributed by atoms with van der Waals surface area (Å²) in [6, 6.07) is 4.57. The Hall–Kier alpha value is -2.30. The van der Waals surface area contributed by atoms with E-state index < -0.39 is 10.0 Å². The zero-order valence-corrected chi connectivity index (χ0v) is 14.9. The smallest absolute Gasteiger partial charge is 0.274 e. The number of carbonyl (C=O) groups excluding carboxylic acids is 1. The van der Waals surface area contributed by atoms with Crippen LogP contribution in [0.15, 0.2) is 29.3 Å². The summed E-state index contributed by atoms with van der Waals surface area (Å²) in [4.78, 5) is 20.6. The Morgan fingerprint density at radius 1 is 1.20 bits per heavy atom. The molecule has 2 aromatic heterocycles. The average Bonchev–Trinajstić information content (AvgIpc) is 2.96. The number of nitrogens with zero attached hydrogens (tertiary/aromatic N) is 5. The molecule has 0 spiro atoms. The monoisotopic (exact) mass is 364 g/mol. The molecule has 134 valence electrons. The summed E-state index contributed by atoms with van der Waals surface area (Å²) in [5.41, 5.74) is 1.08. The number of carbonyl (C=O) groups is 1. The van der Waals surface area contributed by atoms with Gasteiger partial charge in [-0.3, -0.25) is 4.79 Å². The molecule has 3 rings (SSSR count). The zero-order valence-electron chi connectivity index (χ0n) is 14.1. The number of hydrogen-bond acceptors (Lipinski definition) is 6. The van der Waals surface area contributed by atoms with Gasteiger partial charge in [-0.05, 0) is 32.2 Å². The van der Waals surface area contributed by atoms with Crippen LogP contribution in [0.25, 0.3) is 5.82 Å². The lowest BCUT2D eigenvalue weighted by atomic mass is 10.3. The topological polar surface area (TPSA) is 114 Å². The summed E-state index contributed by atoms with van der Waals surface area (Å²) < 4.78 is 24.1. The van der Waals surface area contributed by atoms with Gasteiger partial charge in [-0.15, -0.1) is 0 Å².